The summed E-state index contributed by atoms with van der Waals surface area (Å²) in [7, 11) is 0. The van der Waals surface area contributed by atoms with Gasteiger partial charge in [0.25, 0.3) is 5.69 Å². The zero-order chi connectivity index (χ0) is 19.4. The first-order chi connectivity index (χ1) is 13.0. The fraction of sp³-hybridized carbons (Fsp3) is 0.263. The van der Waals surface area contributed by atoms with E-state index in [-0.39, 0.29) is 16.8 Å². The lowest BCUT2D eigenvalue weighted by Crippen LogP contribution is -2.19. The minimum Gasteiger partial charge on any atom is -0.454 e. The summed E-state index contributed by atoms with van der Waals surface area (Å²) >= 11 is 0. The summed E-state index contributed by atoms with van der Waals surface area (Å²) in [6, 6.07) is 9.45. The zero-order valence-electron chi connectivity index (χ0n) is 14.4. The minimum absolute atomic E-state index is 0.0361. The van der Waals surface area contributed by atoms with Crippen molar-refractivity contribution in [1.29, 1.82) is 0 Å². The highest BCUT2D eigenvalue weighted by Crippen LogP contribution is 2.31. The number of Topliss-reactive ketones (excluding diaryl/α,β-unsaturated/α-hetero) is 1. The van der Waals surface area contributed by atoms with Crippen LogP contribution in [0, 0.1) is 15.9 Å². The highest BCUT2D eigenvalue weighted by Gasteiger charge is 2.24. The highest BCUT2D eigenvalue weighted by atomic mass is 19.1. The Bertz CT molecular complexity index is 893. The largest absolute Gasteiger partial charge is 0.454 e. The standard InChI is InChI=1S/C19H17FN2O5/c20-15-6-2-1-5-14(15)18(23)12-27-19(24)13-7-8-16(17(11-13)22(25)26)21-9-3-4-10-21/h1-2,5-8,11H,3-4,9-10,12H2. The third kappa shape index (κ3) is 4.11. The summed E-state index contributed by atoms with van der Waals surface area (Å²) in [5.41, 5.74) is 0.0508. The average Bonchev–Trinajstić information content (AvgIpc) is 3.20. The first-order valence-electron chi connectivity index (χ1n) is 8.45. The van der Waals surface area contributed by atoms with Gasteiger partial charge in [-0.05, 0) is 37.1 Å². The number of esters is 1. The van der Waals surface area contributed by atoms with Gasteiger partial charge in [0.2, 0.25) is 5.78 Å². The van der Waals surface area contributed by atoms with Gasteiger partial charge in [0.1, 0.15) is 11.5 Å². The molecule has 0 radical (unpaired) electrons. The normalized spacial score (nSPS) is 13.4. The molecule has 2 aromatic rings. The Balaban J connectivity index is 1.73. The van der Waals surface area contributed by atoms with Crippen molar-refractivity contribution in [3.63, 3.8) is 0 Å². The number of ketones is 1. The summed E-state index contributed by atoms with van der Waals surface area (Å²) in [5.74, 6) is -2.27. The topological polar surface area (TPSA) is 89.8 Å². The van der Waals surface area contributed by atoms with E-state index in [0.717, 1.165) is 38.1 Å². The second-order valence-electron chi connectivity index (χ2n) is 6.13. The number of carbonyl (C=O) groups excluding carboxylic acids is 2. The van der Waals surface area contributed by atoms with Crippen LogP contribution in [0.15, 0.2) is 42.5 Å². The van der Waals surface area contributed by atoms with Gasteiger partial charge in [-0.3, -0.25) is 14.9 Å². The lowest BCUT2D eigenvalue weighted by atomic mass is 10.1. The number of nitro benzene ring substituents is 1. The molecule has 2 aromatic carbocycles. The van der Waals surface area contributed by atoms with E-state index in [4.69, 9.17) is 4.74 Å². The number of carbonyl (C=O) groups is 2. The Morgan fingerprint density at radius 1 is 1.15 bits per heavy atom. The van der Waals surface area contributed by atoms with Crippen LogP contribution in [-0.4, -0.2) is 36.4 Å². The number of hydrogen-bond donors (Lipinski definition) is 0. The quantitative estimate of drug-likeness (QED) is 0.334. The first kappa shape index (κ1) is 18.5. The molecule has 0 atom stereocenters. The Morgan fingerprint density at radius 2 is 1.85 bits per heavy atom. The Labute approximate surface area is 154 Å². The first-order valence-corrected chi connectivity index (χ1v) is 8.45. The lowest BCUT2D eigenvalue weighted by molar-refractivity contribution is -0.384. The number of hydrogen-bond acceptors (Lipinski definition) is 6. The van der Waals surface area contributed by atoms with Gasteiger partial charge in [-0.2, -0.15) is 0 Å². The minimum atomic E-state index is -0.879. The van der Waals surface area contributed by atoms with Crippen molar-refractivity contribution < 1.29 is 23.6 Å². The molecule has 140 valence electrons. The molecule has 3 rings (SSSR count). The maximum Gasteiger partial charge on any atom is 0.338 e. The third-order valence-corrected chi connectivity index (χ3v) is 4.36. The van der Waals surface area contributed by atoms with Crippen LogP contribution in [0.4, 0.5) is 15.8 Å². The van der Waals surface area contributed by atoms with Gasteiger partial charge in [-0.15, -0.1) is 0 Å². The molecular formula is C19H17FN2O5. The Hall–Kier alpha value is -3.29. The van der Waals surface area contributed by atoms with Gasteiger partial charge in [-0.1, -0.05) is 12.1 Å². The molecule has 1 aliphatic rings. The molecule has 0 N–H and O–H groups in total. The molecule has 7 nitrogen and oxygen atoms in total. The number of halogens is 1. The van der Waals surface area contributed by atoms with E-state index in [2.05, 4.69) is 0 Å². The van der Waals surface area contributed by atoms with Crippen molar-refractivity contribution in [3.05, 3.63) is 69.5 Å². The average molecular weight is 372 g/mol. The van der Waals surface area contributed by atoms with Crippen molar-refractivity contribution in [2.24, 2.45) is 0 Å². The molecule has 0 spiro atoms. The summed E-state index contributed by atoms with van der Waals surface area (Å²) < 4.78 is 18.5. The van der Waals surface area contributed by atoms with Crippen LogP contribution in [-0.2, 0) is 4.74 Å². The summed E-state index contributed by atoms with van der Waals surface area (Å²) in [6.07, 6.45) is 1.91. The van der Waals surface area contributed by atoms with Crippen LogP contribution >= 0.6 is 0 Å². The van der Waals surface area contributed by atoms with Gasteiger partial charge in [0.15, 0.2) is 6.61 Å². The van der Waals surface area contributed by atoms with E-state index in [1.807, 2.05) is 4.90 Å². The molecule has 1 saturated heterocycles. The predicted molar refractivity (Wildman–Crippen MR) is 95.6 cm³/mol. The summed E-state index contributed by atoms with van der Waals surface area (Å²) in [4.78, 5) is 36.9. The van der Waals surface area contributed by atoms with Crippen molar-refractivity contribution in [2.75, 3.05) is 24.6 Å². The van der Waals surface area contributed by atoms with Crippen molar-refractivity contribution in [3.8, 4) is 0 Å². The number of nitrogens with zero attached hydrogens (tertiary/aromatic N) is 2. The SMILES string of the molecule is O=C(OCC(=O)c1ccccc1F)c1ccc(N2CCCC2)c([N+](=O)[O-])c1. The molecule has 1 aliphatic heterocycles. The fourth-order valence-corrected chi connectivity index (χ4v) is 3.00. The van der Waals surface area contributed by atoms with E-state index in [1.54, 1.807) is 0 Å². The van der Waals surface area contributed by atoms with Gasteiger partial charge in [0.05, 0.1) is 16.1 Å². The highest BCUT2D eigenvalue weighted by molar-refractivity contribution is 5.99. The molecule has 0 aliphatic carbocycles. The molecular weight excluding hydrogens is 355 g/mol. The van der Waals surface area contributed by atoms with Crippen molar-refractivity contribution >= 4 is 23.1 Å². The van der Waals surface area contributed by atoms with Crippen LogP contribution in [0.5, 0.6) is 0 Å². The second kappa shape index (κ2) is 7.94. The molecule has 1 heterocycles. The van der Waals surface area contributed by atoms with Crippen LogP contribution in [0.25, 0.3) is 0 Å². The molecule has 0 amide bonds. The van der Waals surface area contributed by atoms with Crippen LogP contribution < -0.4 is 4.90 Å². The fourth-order valence-electron chi connectivity index (χ4n) is 3.00. The van der Waals surface area contributed by atoms with Gasteiger partial charge in [0, 0.05) is 19.2 Å². The van der Waals surface area contributed by atoms with Crippen LogP contribution in [0.3, 0.4) is 0 Å². The van der Waals surface area contributed by atoms with Crippen molar-refractivity contribution in [2.45, 2.75) is 12.8 Å². The number of nitro groups is 1. The summed E-state index contributed by atoms with van der Waals surface area (Å²) in [6.45, 7) is 0.797. The molecule has 0 unspecified atom stereocenters. The Morgan fingerprint density at radius 3 is 2.52 bits per heavy atom. The molecule has 0 saturated carbocycles. The Kier molecular flexibility index (Phi) is 5.44. The smallest absolute Gasteiger partial charge is 0.338 e. The second-order valence-corrected chi connectivity index (χ2v) is 6.13. The molecule has 1 fully saturated rings. The molecule has 0 bridgehead atoms. The maximum atomic E-state index is 13.6. The van der Waals surface area contributed by atoms with E-state index < -0.39 is 29.1 Å². The van der Waals surface area contributed by atoms with Gasteiger partial charge < -0.3 is 9.64 Å². The van der Waals surface area contributed by atoms with Crippen molar-refractivity contribution in [1.82, 2.24) is 0 Å². The van der Waals surface area contributed by atoms with Gasteiger partial charge in [-0.25, -0.2) is 9.18 Å². The molecule has 0 aromatic heterocycles. The monoisotopic (exact) mass is 372 g/mol. The van der Waals surface area contributed by atoms with E-state index in [0.29, 0.717) is 5.69 Å². The molecule has 8 heteroatoms. The molecule has 27 heavy (non-hydrogen) atoms. The predicted octanol–water partition coefficient (Wildman–Crippen LogP) is 3.37. The number of anilines is 1. The lowest BCUT2D eigenvalue weighted by Gasteiger charge is -2.17. The number of benzene rings is 2. The maximum absolute atomic E-state index is 13.6. The third-order valence-electron chi connectivity index (χ3n) is 4.36. The number of rotatable bonds is 6. The van der Waals surface area contributed by atoms with Gasteiger partial charge >= 0.3 is 5.97 Å². The van der Waals surface area contributed by atoms with Crippen LogP contribution in [0.2, 0.25) is 0 Å². The zero-order valence-corrected chi connectivity index (χ0v) is 14.4. The number of ether oxygens (including phenoxy) is 1. The van der Waals surface area contributed by atoms with E-state index >= 15 is 0 Å². The van der Waals surface area contributed by atoms with E-state index in [1.165, 1.54) is 30.3 Å². The van der Waals surface area contributed by atoms with E-state index in [9.17, 15) is 24.1 Å². The van der Waals surface area contributed by atoms with Crippen LogP contribution in [0.1, 0.15) is 33.6 Å². The summed E-state index contributed by atoms with van der Waals surface area (Å²) in [5, 5.41) is 11.4.